The van der Waals surface area contributed by atoms with Crippen LogP contribution in [0.25, 0.3) is 0 Å². The molecule has 0 aliphatic carbocycles. The zero-order valence-corrected chi connectivity index (χ0v) is 18.1. The van der Waals surface area contributed by atoms with Gasteiger partial charge in [0.05, 0.1) is 19.6 Å². The molecule has 1 unspecified atom stereocenters. The average Bonchev–Trinajstić information content (AvgIpc) is 3.20. The summed E-state index contributed by atoms with van der Waals surface area (Å²) >= 11 is 6.35. The van der Waals surface area contributed by atoms with E-state index in [2.05, 4.69) is 20.3 Å². The van der Waals surface area contributed by atoms with Crippen LogP contribution in [0.2, 0.25) is 0 Å². The molecule has 152 valence electrons. The first-order valence-corrected chi connectivity index (χ1v) is 11.2. The molecular weight excluding hydrogens is 420 g/mol. The standard InChI is InChI=1S/C17H22N4O4S3/c1-4-12(16-19-7-8-27-16)20-15(22)10-11-5-6-13(25-3)14(9-11)28(23,24)21-17(26)18-2/h5-9,12H,4,10H2,1-3H3,(H,20,22)(H2,18,21,26). The lowest BCUT2D eigenvalue weighted by Gasteiger charge is -2.16. The van der Waals surface area contributed by atoms with Crippen LogP contribution < -0.4 is 20.1 Å². The fraction of sp³-hybridized carbons (Fsp3) is 0.353. The molecule has 1 amide bonds. The number of benzene rings is 1. The highest BCUT2D eigenvalue weighted by atomic mass is 32.2. The molecule has 0 aliphatic rings. The topological polar surface area (TPSA) is 109 Å². The number of sulfonamides is 1. The van der Waals surface area contributed by atoms with Crippen molar-refractivity contribution in [3.05, 3.63) is 40.3 Å². The van der Waals surface area contributed by atoms with Gasteiger partial charge in [0.2, 0.25) is 5.91 Å². The Morgan fingerprint density at radius 3 is 2.71 bits per heavy atom. The van der Waals surface area contributed by atoms with E-state index in [0.717, 1.165) is 5.01 Å². The van der Waals surface area contributed by atoms with Crippen LogP contribution in [0.4, 0.5) is 0 Å². The van der Waals surface area contributed by atoms with E-state index in [0.29, 0.717) is 12.0 Å². The Morgan fingerprint density at radius 2 is 2.14 bits per heavy atom. The molecule has 1 aromatic carbocycles. The molecule has 0 saturated carbocycles. The summed E-state index contributed by atoms with van der Waals surface area (Å²) in [6, 6.07) is 4.39. The van der Waals surface area contributed by atoms with Crippen LogP contribution in [0.15, 0.2) is 34.7 Å². The van der Waals surface area contributed by atoms with E-state index in [1.54, 1.807) is 12.3 Å². The largest absolute Gasteiger partial charge is 0.495 e. The third kappa shape index (κ3) is 5.63. The summed E-state index contributed by atoms with van der Waals surface area (Å²) in [5.41, 5.74) is 0.531. The van der Waals surface area contributed by atoms with Crippen molar-refractivity contribution in [3.63, 3.8) is 0 Å². The molecule has 1 aromatic heterocycles. The van der Waals surface area contributed by atoms with E-state index in [1.165, 1.54) is 37.6 Å². The average molecular weight is 443 g/mol. The summed E-state index contributed by atoms with van der Waals surface area (Å²) in [5, 5.41) is 8.12. The minimum atomic E-state index is -3.95. The number of ether oxygens (including phenoxy) is 1. The third-order valence-corrected chi connectivity index (χ3v) is 6.52. The van der Waals surface area contributed by atoms with Crippen molar-refractivity contribution >= 4 is 44.6 Å². The van der Waals surface area contributed by atoms with Crippen molar-refractivity contribution in [1.29, 1.82) is 0 Å². The molecule has 0 spiro atoms. The highest BCUT2D eigenvalue weighted by Crippen LogP contribution is 2.25. The molecule has 0 saturated heterocycles. The van der Waals surface area contributed by atoms with Gasteiger partial charge in [-0.25, -0.2) is 13.4 Å². The van der Waals surface area contributed by atoms with Gasteiger partial charge in [0.25, 0.3) is 10.0 Å². The fourth-order valence-electron chi connectivity index (χ4n) is 2.44. The van der Waals surface area contributed by atoms with Crippen LogP contribution in [0.1, 0.15) is 30.0 Å². The van der Waals surface area contributed by atoms with Crippen molar-refractivity contribution in [1.82, 2.24) is 20.3 Å². The molecule has 0 bridgehead atoms. The van der Waals surface area contributed by atoms with Crippen LogP contribution in [-0.2, 0) is 21.2 Å². The number of nitrogens with zero attached hydrogens (tertiary/aromatic N) is 1. The van der Waals surface area contributed by atoms with E-state index >= 15 is 0 Å². The predicted molar refractivity (Wildman–Crippen MR) is 112 cm³/mol. The number of carbonyl (C=O) groups excluding carboxylic acids is 1. The Morgan fingerprint density at radius 1 is 1.39 bits per heavy atom. The van der Waals surface area contributed by atoms with Crippen LogP contribution in [0.3, 0.4) is 0 Å². The number of thiocarbonyl (C=S) groups is 1. The van der Waals surface area contributed by atoms with E-state index in [1.807, 2.05) is 12.3 Å². The molecule has 28 heavy (non-hydrogen) atoms. The summed E-state index contributed by atoms with van der Waals surface area (Å²) in [6.07, 6.45) is 2.41. The Bertz CT molecular complexity index is 930. The minimum Gasteiger partial charge on any atom is -0.495 e. The molecule has 0 aliphatic heterocycles. The van der Waals surface area contributed by atoms with Gasteiger partial charge in [-0.3, -0.25) is 9.52 Å². The van der Waals surface area contributed by atoms with Gasteiger partial charge >= 0.3 is 0 Å². The van der Waals surface area contributed by atoms with E-state index < -0.39 is 10.0 Å². The second-order valence-electron chi connectivity index (χ2n) is 5.75. The van der Waals surface area contributed by atoms with Gasteiger partial charge in [-0.05, 0) is 36.3 Å². The molecule has 2 rings (SSSR count). The van der Waals surface area contributed by atoms with E-state index in [4.69, 9.17) is 17.0 Å². The van der Waals surface area contributed by atoms with E-state index in [9.17, 15) is 13.2 Å². The van der Waals surface area contributed by atoms with Gasteiger partial charge in [-0.1, -0.05) is 13.0 Å². The number of aromatic nitrogens is 1. The molecule has 0 fully saturated rings. The summed E-state index contributed by atoms with van der Waals surface area (Å²) < 4.78 is 32.5. The molecular formula is C17H22N4O4S3. The maximum Gasteiger partial charge on any atom is 0.267 e. The van der Waals surface area contributed by atoms with Gasteiger partial charge < -0.3 is 15.4 Å². The second kappa shape index (κ2) is 9.80. The van der Waals surface area contributed by atoms with Gasteiger partial charge in [0.1, 0.15) is 15.7 Å². The Kier molecular flexibility index (Phi) is 7.72. The highest BCUT2D eigenvalue weighted by molar-refractivity contribution is 7.92. The Balaban J connectivity index is 2.20. The van der Waals surface area contributed by atoms with E-state index in [-0.39, 0.29) is 34.1 Å². The maximum atomic E-state index is 12.6. The smallest absolute Gasteiger partial charge is 0.267 e. The lowest BCUT2D eigenvalue weighted by atomic mass is 10.1. The zero-order valence-electron chi connectivity index (χ0n) is 15.7. The first-order chi connectivity index (χ1) is 13.3. The number of amides is 1. The first kappa shape index (κ1) is 22.1. The Labute approximate surface area is 173 Å². The second-order valence-corrected chi connectivity index (χ2v) is 8.73. The quantitative estimate of drug-likeness (QED) is 0.534. The summed E-state index contributed by atoms with van der Waals surface area (Å²) in [6.45, 7) is 1.96. The van der Waals surface area contributed by atoms with Crippen LogP contribution in [0, 0.1) is 0 Å². The molecule has 0 radical (unpaired) electrons. The normalized spacial score (nSPS) is 12.1. The van der Waals surface area contributed by atoms with Crippen LogP contribution >= 0.6 is 23.6 Å². The van der Waals surface area contributed by atoms with Gasteiger partial charge in [-0.15, -0.1) is 11.3 Å². The van der Waals surface area contributed by atoms with Crippen molar-refractivity contribution in [2.24, 2.45) is 0 Å². The minimum absolute atomic E-state index is 0.0187. The molecule has 1 atom stereocenters. The van der Waals surface area contributed by atoms with Gasteiger partial charge in [0.15, 0.2) is 5.11 Å². The summed E-state index contributed by atoms with van der Waals surface area (Å²) in [5.74, 6) is -0.0703. The predicted octanol–water partition coefficient (Wildman–Crippen LogP) is 1.74. The lowest BCUT2D eigenvalue weighted by molar-refractivity contribution is -0.121. The maximum absolute atomic E-state index is 12.6. The number of methoxy groups -OCH3 is 1. The monoisotopic (exact) mass is 442 g/mol. The molecule has 1 heterocycles. The van der Waals surface area contributed by atoms with Crippen molar-refractivity contribution in [2.45, 2.75) is 30.7 Å². The molecule has 2 aromatic rings. The first-order valence-electron chi connectivity index (χ1n) is 8.41. The summed E-state index contributed by atoms with van der Waals surface area (Å²) in [4.78, 5) is 16.6. The number of hydrogen-bond acceptors (Lipinski definition) is 7. The fourth-order valence-corrected chi connectivity index (χ4v) is 4.73. The van der Waals surface area contributed by atoms with Crippen LogP contribution in [0.5, 0.6) is 5.75 Å². The number of carbonyl (C=O) groups is 1. The highest BCUT2D eigenvalue weighted by Gasteiger charge is 2.22. The summed E-state index contributed by atoms with van der Waals surface area (Å²) in [7, 11) is -1.07. The molecule has 3 N–H and O–H groups in total. The number of nitrogens with one attached hydrogen (secondary N) is 3. The van der Waals surface area contributed by atoms with Crippen LogP contribution in [-0.4, -0.2) is 38.6 Å². The SMILES string of the molecule is CCC(NC(=O)Cc1ccc(OC)c(S(=O)(=O)NC(=S)NC)c1)c1nccs1. The van der Waals surface area contributed by atoms with Crippen molar-refractivity contribution < 1.29 is 17.9 Å². The number of hydrogen-bond donors (Lipinski definition) is 3. The molecule has 8 nitrogen and oxygen atoms in total. The molecule has 11 heteroatoms. The Hall–Kier alpha value is -2.24. The van der Waals surface area contributed by atoms with Crippen molar-refractivity contribution in [2.75, 3.05) is 14.2 Å². The van der Waals surface area contributed by atoms with Crippen molar-refractivity contribution in [3.8, 4) is 5.75 Å². The third-order valence-electron chi connectivity index (χ3n) is 3.83. The van der Waals surface area contributed by atoms with Gasteiger partial charge in [-0.2, -0.15) is 0 Å². The van der Waals surface area contributed by atoms with Gasteiger partial charge in [0, 0.05) is 18.6 Å². The number of thiazole rings is 1. The zero-order chi connectivity index (χ0) is 20.7. The lowest BCUT2D eigenvalue weighted by Crippen LogP contribution is -2.37. The number of rotatable bonds is 8.